The first-order chi connectivity index (χ1) is 15.5. The van der Waals surface area contributed by atoms with Crippen LogP contribution in [0.5, 0.6) is 0 Å². The quantitative estimate of drug-likeness (QED) is 0.615. The maximum absolute atomic E-state index is 12.9. The van der Waals surface area contributed by atoms with E-state index in [-0.39, 0.29) is 5.91 Å². The van der Waals surface area contributed by atoms with Crippen LogP contribution in [0.25, 0.3) is 0 Å². The molecule has 3 N–H and O–H groups in total. The molecule has 9 heteroatoms. The molecular weight excluding hydrogens is 408 g/mol. The first kappa shape index (κ1) is 23.1. The van der Waals surface area contributed by atoms with Crippen LogP contribution in [0.4, 0.5) is 21.9 Å². The minimum Gasteiger partial charge on any atom is -0.379 e. The van der Waals surface area contributed by atoms with Crippen LogP contribution in [0.3, 0.4) is 0 Å². The average molecular weight is 437 g/mol. The molecule has 1 aliphatic heterocycles. The lowest BCUT2D eigenvalue weighted by molar-refractivity contribution is 0.0383. The fraction of sp³-hybridized carbons (Fsp3) is 0.348. The Hall–Kier alpha value is -3.61. The Labute approximate surface area is 187 Å². The van der Waals surface area contributed by atoms with Gasteiger partial charge in [-0.15, -0.1) is 0 Å². The number of nitrogens with one attached hydrogen (secondary N) is 3. The molecule has 0 aliphatic carbocycles. The van der Waals surface area contributed by atoms with Crippen LogP contribution >= 0.6 is 0 Å². The molecule has 1 saturated heterocycles. The number of nitriles is 1. The van der Waals surface area contributed by atoms with Crippen LogP contribution in [0, 0.1) is 11.3 Å². The van der Waals surface area contributed by atoms with E-state index in [4.69, 9.17) is 10.00 Å². The third kappa shape index (κ3) is 6.44. The van der Waals surface area contributed by atoms with E-state index < -0.39 is 6.03 Å². The Morgan fingerprint density at radius 2 is 1.72 bits per heavy atom. The molecule has 3 amide bonds. The Morgan fingerprint density at radius 1 is 1.06 bits per heavy atom. The zero-order chi connectivity index (χ0) is 22.9. The van der Waals surface area contributed by atoms with Crippen LogP contribution < -0.4 is 20.9 Å². The van der Waals surface area contributed by atoms with E-state index in [1.807, 2.05) is 25.1 Å². The normalized spacial score (nSPS) is 13.7. The van der Waals surface area contributed by atoms with Gasteiger partial charge in [0.25, 0.3) is 5.91 Å². The monoisotopic (exact) mass is 436 g/mol. The second-order valence-electron chi connectivity index (χ2n) is 7.60. The van der Waals surface area contributed by atoms with Crippen molar-refractivity contribution in [2.45, 2.75) is 0 Å². The number of rotatable bonds is 7. The number of hydrogen-bond acceptors (Lipinski definition) is 6. The van der Waals surface area contributed by atoms with Gasteiger partial charge in [0.15, 0.2) is 0 Å². The van der Waals surface area contributed by atoms with Gasteiger partial charge < -0.3 is 25.6 Å². The summed E-state index contributed by atoms with van der Waals surface area (Å²) >= 11 is 0. The summed E-state index contributed by atoms with van der Waals surface area (Å²) in [5.74, 6) is -0.196. The summed E-state index contributed by atoms with van der Waals surface area (Å²) in [6.45, 7) is 4.47. The van der Waals surface area contributed by atoms with Crippen molar-refractivity contribution in [3.05, 3.63) is 53.6 Å². The molecule has 1 aliphatic rings. The van der Waals surface area contributed by atoms with Crippen molar-refractivity contribution >= 4 is 29.0 Å². The smallest absolute Gasteiger partial charge is 0.323 e. The van der Waals surface area contributed by atoms with Crippen molar-refractivity contribution in [3.63, 3.8) is 0 Å². The molecule has 0 spiro atoms. The molecule has 0 atom stereocenters. The molecule has 0 unspecified atom stereocenters. The van der Waals surface area contributed by atoms with E-state index in [0.29, 0.717) is 29.0 Å². The van der Waals surface area contributed by atoms with E-state index in [1.165, 1.54) is 0 Å². The number of nitrogens with zero attached hydrogens (tertiary/aromatic N) is 3. The zero-order valence-corrected chi connectivity index (χ0v) is 18.4. The van der Waals surface area contributed by atoms with E-state index in [2.05, 4.69) is 20.9 Å². The number of carbonyl (C=O) groups excluding carboxylic acids is 2. The lowest BCUT2D eigenvalue weighted by Gasteiger charge is -2.26. The van der Waals surface area contributed by atoms with Crippen molar-refractivity contribution in [3.8, 4) is 6.07 Å². The van der Waals surface area contributed by atoms with Gasteiger partial charge in [0, 0.05) is 57.3 Å². The maximum atomic E-state index is 12.9. The predicted octanol–water partition coefficient (Wildman–Crippen LogP) is 2.33. The van der Waals surface area contributed by atoms with E-state index >= 15 is 0 Å². The molecule has 1 heterocycles. The van der Waals surface area contributed by atoms with E-state index in [9.17, 15) is 9.59 Å². The lowest BCUT2D eigenvalue weighted by Crippen LogP contribution is -2.41. The van der Waals surface area contributed by atoms with Gasteiger partial charge in [0.2, 0.25) is 0 Å². The number of anilines is 3. The second-order valence-corrected chi connectivity index (χ2v) is 7.60. The standard InChI is InChI=1S/C23H28N6O3/c1-28(2)21-8-7-19(27-23(31)26-18-5-3-17(16-24)4-6-18)15-20(21)22(30)25-9-10-29-11-13-32-14-12-29/h3-8,15H,9-14H2,1-2H3,(H,25,30)(H2,26,27,31). The first-order valence-electron chi connectivity index (χ1n) is 10.4. The third-order valence-electron chi connectivity index (χ3n) is 5.07. The average Bonchev–Trinajstić information content (AvgIpc) is 2.80. The zero-order valence-electron chi connectivity index (χ0n) is 18.4. The Balaban J connectivity index is 1.62. The van der Waals surface area contributed by atoms with E-state index in [0.717, 1.165) is 38.5 Å². The summed E-state index contributed by atoms with van der Waals surface area (Å²) in [5, 5.41) is 17.3. The summed E-state index contributed by atoms with van der Waals surface area (Å²) in [5.41, 5.74) is 2.81. The van der Waals surface area contributed by atoms with Gasteiger partial charge in [0.05, 0.1) is 30.4 Å². The predicted molar refractivity (Wildman–Crippen MR) is 124 cm³/mol. The van der Waals surface area contributed by atoms with Crippen molar-refractivity contribution < 1.29 is 14.3 Å². The van der Waals surface area contributed by atoms with Crippen molar-refractivity contribution in [1.82, 2.24) is 10.2 Å². The van der Waals surface area contributed by atoms with Gasteiger partial charge in [-0.1, -0.05) is 0 Å². The topological polar surface area (TPSA) is 110 Å². The minimum atomic E-state index is -0.439. The van der Waals surface area contributed by atoms with Crippen LogP contribution in [0.15, 0.2) is 42.5 Å². The van der Waals surface area contributed by atoms with Gasteiger partial charge in [-0.25, -0.2) is 4.79 Å². The molecule has 2 aromatic carbocycles. The number of hydrogen-bond donors (Lipinski definition) is 3. The largest absolute Gasteiger partial charge is 0.379 e. The number of benzene rings is 2. The number of carbonyl (C=O) groups is 2. The number of urea groups is 1. The van der Waals surface area contributed by atoms with Gasteiger partial charge in [-0.3, -0.25) is 9.69 Å². The summed E-state index contributed by atoms with van der Waals surface area (Å²) in [7, 11) is 3.73. The lowest BCUT2D eigenvalue weighted by atomic mass is 10.1. The minimum absolute atomic E-state index is 0.196. The van der Waals surface area contributed by atoms with Crippen LogP contribution in [0.1, 0.15) is 15.9 Å². The molecule has 9 nitrogen and oxygen atoms in total. The molecule has 0 radical (unpaired) electrons. The molecule has 0 saturated carbocycles. The molecular formula is C23H28N6O3. The Bertz CT molecular complexity index is 978. The molecule has 32 heavy (non-hydrogen) atoms. The number of ether oxygens (including phenoxy) is 1. The summed E-state index contributed by atoms with van der Waals surface area (Å²) in [6.07, 6.45) is 0. The first-order valence-corrected chi connectivity index (χ1v) is 10.4. The SMILES string of the molecule is CN(C)c1ccc(NC(=O)Nc2ccc(C#N)cc2)cc1C(=O)NCCN1CCOCC1. The van der Waals surface area contributed by atoms with Gasteiger partial charge in [-0.2, -0.15) is 5.26 Å². The molecule has 168 valence electrons. The summed E-state index contributed by atoms with van der Waals surface area (Å²) < 4.78 is 5.34. The van der Waals surface area contributed by atoms with Crippen LogP contribution in [-0.2, 0) is 4.74 Å². The van der Waals surface area contributed by atoms with Crippen LogP contribution in [0.2, 0.25) is 0 Å². The van der Waals surface area contributed by atoms with Gasteiger partial charge in [-0.05, 0) is 42.5 Å². The molecule has 0 aromatic heterocycles. The molecule has 3 rings (SSSR count). The number of morpholine rings is 1. The molecule has 0 bridgehead atoms. The highest BCUT2D eigenvalue weighted by Crippen LogP contribution is 2.23. The van der Waals surface area contributed by atoms with Crippen LogP contribution in [-0.4, -0.2) is 70.3 Å². The maximum Gasteiger partial charge on any atom is 0.323 e. The highest BCUT2D eigenvalue weighted by atomic mass is 16.5. The fourth-order valence-corrected chi connectivity index (χ4v) is 3.35. The van der Waals surface area contributed by atoms with Crippen molar-refractivity contribution in [2.75, 3.05) is 69.0 Å². The summed E-state index contributed by atoms with van der Waals surface area (Å²) in [6, 6.07) is 13.4. The highest BCUT2D eigenvalue weighted by molar-refractivity contribution is 6.04. The van der Waals surface area contributed by atoms with Gasteiger partial charge >= 0.3 is 6.03 Å². The fourth-order valence-electron chi connectivity index (χ4n) is 3.35. The van der Waals surface area contributed by atoms with Crippen molar-refractivity contribution in [1.29, 1.82) is 5.26 Å². The third-order valence-corrected chi connectivity index (χ3v) is 5.07. The molecule has 1 fully saturated rings. The Kier molecular flexibility index (Phi) is 8.02. The van der Waals surface area contributed by atoms with Crippen molar-refractivity contribution in [2.24, 2.45) is 0 Å². The number of amides is 3. The molecule has 2 aromatic rings. The van der Waals surface area contributed by atoms with E-state index in [1.54, 1.807) is 42.5 Å². The summed E-state index contributed by atoms with van der Waals surface area (Å²) in [4.78, 5) is 29.3. The van der Waals surface area contributed by atoms with Gasteiger partial charge in [0.1, 0.15) is 0 Å². The highest BCUT2D eigenvalue weighted by Gasteiger charge is 2.16. The second kappa shape index (κ2) is 11.1. The Morgan fingerprint density at radius 3 is 2.38 bits per heavy atom.